The number of halogens is 1. The lowest BCUT2D eigenvalue weighted by molar-refractivity contribution is 0.198. The first-order valence-corrected chi connectivity index (χ1v) is 8.92. The average molecular weight is 353 g/mol. The molecule has 1 saturated heterocycles. The minimum Gasteiger partial charge on any atom is -0.391 e. The lowest BCUT2D eigenvalue weighted by Crippen LogP contribution is -2.21. The van der Waals surface area contributed by atoms with Crippen LogP contribution in [-0.4, -0.2) is 37.3 Å². The summed E-state index contributed by atoms with van der Waals surface area (Å²) in [6, 6.07) is 12.5. The smallest absolute Gasteiger partial charge is 0.294 e. The highest BCUT2D eigenvalue weighted by Crippen LogP contribution is 2.20. The molecule has 24 heavy (non-hydrogen) atoms. The molecule has 0 radical (unpaired) electrons. The molecule has 1 unspecified atom stereocenters. The van der Waals surface area contributed by atoms with Crippen LogP contribution in [0.3, 0.4) is 0 Å². The van der Waals surface area contributed by atoms with Gasteiger partial charge in [-0.05, 0) is 43.7 Å². The molecule has 1 heterocycles. The van der Waals surface area contributed by atoms with Gasteiger partial charge in [0.2, 0.25) is 0 Å². The highest BCUT2D eigenvalue weighted by atomic mass is 32.2. The summed E-state index contributed by atoms with van der Waals surface area (Å²) in [5.41, 5.74) is 1.81. The number of rotatable bonds is 2. The van der Waals surface area contributed by atoms with Gasteiger partial charge in [-0.25, -0.2) is 4.39 Å². The third-order valence-electron chi connectivity index (χ3n) is 3.66. The van der Waals surface area contributed by atoms with Gasteiger partial charge in [0.1, 0.15) is 5.82 Å². The Morgan fingerprint density at radius 3 is 2.33 bits per heavy atom. The largest absolute Gasteiger partial charge is 0.391 e. The number of aliphatic hydroxyl groups excluding tert-OH is 1. The Hall–Kier alpha value is -1.96. The summed E-state index contributed by atoms with van der Waals surface area (Å²) in [5.74, 6) is -0.223. The van der Waals surface area contributed by atoms with Gasteiger partial charge in [-0.1, -0.05) is 23.8 Å². The Bertz CT molecular complexity index is 777. The van der Waals surface area contributed by atoms with Crippen LogP contribution < -0.4 is 4.90 Å². The van der Waals surface area contributed by atoms with Gasteiger partial charge < -0.3 is 10.0 Å². The van der Waals surface area contributed by atoms with Gasteiger partial charge in [-0.15, -0.1) is 0 Å². The fourth-order valence-corrected chi connectivity index (χ4v) is 2.84. The van der Waals surface area contributed by atoms with Crippen LogP contribution in [0, 0.1) is 12.7 Å². The van der Waals surface area contributed by atoms with Crippen LogP contribution >= 0.6 is 0 Å². The Kier molecular flexibility index (Phi) is 5.93. The lowest BCUT2D eigenvalue weighted by atomic mass is 10.2. The molecule has 2 aromatic carbocycles. The van der Waals surface area contributed by atoms with Gasteiger partial charge in [-0.2, -0.15) is 8.42 Å². The summed E-state index contributed by atoms with van der Waals surface area (Å²) in [7, 11) is -4.02. The van der Waals surface area contributed by atoms with E-state index in [4.69, 9.17) is 4.55 Å². The third kappa shape index (κ3) is 5.30. The summed E-state index contributed by atoms with van der Waals surface area (Å²) in [5, 5.41) is 9.29. The molecular formula is C17H20FNO4S. The van der Waals surface area contributed by atoms with E-state index in [9.17, 15) is 17.9 Å². The highest BCUT2D eigenvalue weighted by molar-refractivity contribution is 7.85. The first-order chi connectivity index (χ1) is 11.3. The summed E-state index contributed by atoms with van der Waals surface area (Å²) in [6.45, 7) is 3.27. The normalized spacial score (nSPS) is 17.3. The Labute approximate surface area is 141 Å². The second-order valence-corrected chi connectivity index (χ2v) is 7.08. The van der Waals surface area contributed by atoms with Crippen LogP contribution in [-0.2, 0) is 10.1 Å². The molecule has 1 fully saturated rings. The molecule has 0 spiro atoms. The molecule has 0 saturated carbocycles. The number of aryl methyl sites for hydroxylation is 1. The second kappa shape index (κ2) is 7.74. The maximum atomic E-state index is 12.8. The predicted molar refractivity (Wildman–Crippen MR) is 90.2 cm³/mol. The van der Waals surface area contributed by atoms with Crippen molar-refractivity contribution in [3.63, 3.8) is 0 Å². The van der Waals surface area contributed by atoms with E-state index in [2.05, 4.69) is 0 Å². The first-order valence-electron chi connectivity index (χ1n) is 7.48. The molecule has 3 rings (SSSR count). The monoisotopic (exact) mass is 353 g/mol. The SMILES string of the molecule is Cc1ccc(S(=O)(=O)O)cc1.OC1CCN(c2cccc(F)c2)C1. The van der Waals surface area contributed by atoms with Crippen LogP contribution in [0.5, 0.6) is 0 Å². The molecule has 2 N–H and O–H groups in total. The zero-order valence-electron chi connectivity index (χ0n) is 13.3. The van der Waals surface area contributed by atoms with Crippen molar-refractivity contribution >= 4 is 15.8 Å². The molecule has 5 nitrogen and oxygen atoms in total. The zero-order chi connectivity index (χ0) is 17.7. The first kappa shape index (κ1) is 18.4. The fraction of sp³-hybridized carbons (Fsp3) is 0.294. The van der Waals surface area contributed by atoms with E-state index >= 15 is 0 Å². The van der Waals surface area contributed by atoms with Gasteiger partial charge in [-0.3, -0.25) is 4.55 Å². The molecule has 0 aromatic heterocycles. The number of aliphatic hydroxyl groups is 1. The Morgan fingerprint density at radius 1 is 1.17 bits per heavy atom. The van der Waals surface area contributed by atoms with E-state index in [0.29, 0.717) is 6.54 Å². The van der Waals surface area contributed by atoms with E-state index in [0.717, 1.165) is 24.2 Å². The molecule has 2 aromatic rings. The van der Waals surface area contributed by atoms with Crippen LogP contribution in [0.25, 0.3) is 0 Å². The zero-order valence-corrected chi connectivity index (χ0v) is 14.1. The van der Waals surface area contributed by atoms with Crippen molar-refractivity contribution in [1.29, 1.82) is 0 Å². The van der Waals surface area contributed by atoms with Crippen molar-refractivity contribution in [2.24, 2.45) is 0 Å². The molecular weight excluding hydrogens is 333 g/mol. The Balaban J connectivity index is 0.000000177. The molecule has 7 heteroatoms. The number of hydrogen-bond acceptors (Lipinski definition) is 4. The quantitative estimate of drug-likeness (QED) is 0.812. The van der Waals surface area contributed by atoms with Crippen molar-refractivity contribution in [2.45, 2.75) is 24.3 Å². The number of nitrogens with zero attached hydrogens (tertiary/aromatic N) is 1. The number of β-amino-alcohol motifs (C(OH)–C–C–N with tert-alkyl or cyclic N) is 1. The Morgan fingerprint density at radius 2 is 1.83 bits per heavy atom. The predicted octanol–water partition coefficient (Wildman–Crippen LogP) is 2.64. The second-order valence-electron chi connectivity index (χ2n) is 5.66. The van der Waals surface area contributed by atoms with Crippen molar-refractivity contribution in [3.05, 3.63) is 59.9 Å². The summed E-state index contributed by atoms with van der Waals surface area (Å²) >= 11 is 0. The van der Waals surface area contributed by atoms with E-state index in [1.807, 2.05) is 17.9 Å². The molecule has 0 aliphatic carbocycles. The molecule has 1 atom stereocenters. The molecule has 1 aliphatic heterocycles. The fourth-order valence-electron chi connectivity index (χ4n) is 2.36. The van der Waals surface area contributed by atoms with Gasteiger partial charge in [0.15, 0.2) is 0 Å². The number of hydrogen-bond donors (Lipinski definition) is 2. The van der Waals surface area contributed by atoms with Crippen molar-refractivity contribution in [1.82, 2.24) is 0 Å². The van der Waals surface area contributed by atoms with Gasteiger partial charge >= 0.3 is 0 Å². The number of anilines is 1. The third-order valence-corrected chi connectivity index (χ3v) is 4.52. The van der Waals surface area contributed by atoms with Crippen LogP contribution in [0.4, 0.5) is 10.1 Å². The van der Waals surface area contributed by atoms with Crippen molar-refractivity contribution in [2.75, 3.05) is 18.0 Å². The molecule has 1 aliphatic rings. The van der Waals surface area contributed by atoms with Gasteiger partial charge in [0.25, 0.3) is 10.1 Å². The van der Waals surface area contributed by atoms with Gasteiger partial charge in [0.05, 0.1) is 11.0 Å². The maximum absolute atomic E-state index is 12.8. The van der Waals surface area contributed by atoms with E-state index in [1.54, 1.807) is 18.2 Å². The van der Waals surface area contributed by atoms with Crippen molar-refractivity contribution < 1.29 is 22.5 Å². The maximum Gasteiger partial charge on any atom is 0.294 e. The minimum atomic E-state index is -4.02. The minimum absolute atomic E-state index is 0.0666. The average Bonchev–Trinajstić information content (AvgIpc) is 2.94. The number of benzene rings is 2. The molecule has 0 bridgehead atoms. The topological polar surface area (TPSA) is 77.8 Å². The highest BCUT2D eigenvalue weighted by Gasteiger charge is 2.20. The summed E-state index contributed by atoms with van der Waals surface area (Å²) in [6.07, 6.45) is 0.513. The van der Waals surface area contributed by atoms with Crippen LogP contribution in [0.15, 0.2) is 53.4 Å². The standard InChI is InChI=1S/C10H12FNO.C7H8O3S/c11-8-2-1-3-9(6-8)12-5-4-10(13)7-12;1-6-2-4-7(5-3-6)11(8,9)10/h1-3,6,10,13H,4-5,7H2;2-5H,1H3,(H,8,9,10). The summed E-state index contributed by atoms with van der Waals surface area (Å²) < 4.78 is 42.4. The van der Waals surface area contributed by atoms with E-state index in [-0.39, 0.29) is 16.8 Å². The van der Waals surface area contributed by atoms with Crippen LogP contribution in [0.2, 0.25) is 0 Å². The molecule has 130 valence electrons. The van der Waals surface area contributed by atoms with Crippen LogP contribution in [0.1, 0.15) is 12.0 Å². The molecule has 0 amide bonds. The summed E-state index contributed by atoms with van der Waals surface area (Å²) in [4.78, 5) is 1.93. The van der Waals surface area contributed by atoms with Crippen molar-refractivity contribution in [3.8, 4) is 0 Å². The lowest BCUT2D eigenvalue weighted by Gasteiger charge is -2.17. The van der Waals surface area contributed by atoms with Gasteiger partial charge in [0, 0.05) is 18.8 Å². The van der Waals surface area contributed by atoms with E-state index < -0.39 is 10.1 Å². The van der Waals surface area contributed by atoms with E-state index in [1.165, 1.54) is 24.3 Å².